The van der Waals surface area contributed by atoms with Crippen LogP contribution in [0.2, 0.25) is 0 Å². The molecule has 0 aliphatic carbocycles. The zero-order valence-electron chi connectivity index (χ0n) is 23.4. The lowest BCUT2D eigenvalue weighted by Gasteiger charge is -2.32. The van der Waals surface area contributed by atoms with Crippen molar-refractivity contribution in [3.8, 4) is 11.5 Å². The highest BCUT2D eigenvalue weighted by molar-refractivity contribution is 5.88. The molecule has 0 saturated heterocycles. The molecule has 0 spiro atoms. The predicted molar refractivity (Wildman–Crippen MR) is 151 cm³/mol. The second-order valence-corrected chi connectivity index (χ2v) is 10.8. The molecule has 1 N–H and O–H groups in total. The van der Waals surface area contributed by atoms with Crippen molar-refractivity contribution in [3.63, 3.8) is 0 Å². The highest BCUT2D eigenvalue weighted by Gasteiger charge is 2.31. The molecule has 6 nitrogen and oxygen atoms in total. The summed E-state index contributed by atoms with van der Waals surface area (Å²) in [5, 5.41) is 3.00. The number of methoxy groups -OCH3 is 1. The Kier molecular flexibility index (Phi) is 9.94. The Labute approximate surface area is 227 Å². The van der Waals surface area contributed by atoms with Crippen molar-refractivity contribution in [1.82, 2.24) is 10.2 Å². The maximum atomic E-state index is 13.7. The Morgan fingerprint density at radius 1 is 0.868 bits per heavy atom. The molecule has 0 radical (unpaired) electrons. The standard InChI is InChI=1S/C32H40N2O4/c1-23(2)33-31(36)29(20-24-11-8-7-9-12-24)34(21-25-13-10-14-28(19-25)37-6)30(35)22-38-27-17-15-26(16-18-27)32(3,4)5/h7-19,23,29H,20-22H2,1-6H3,(H,33,36)/t29-/m0/s1. The normalized spacial score (nSPS) is 12.1. The summed E-state index contributed by atoms with van der Waals surface area (Å²) in [7, 11) is 1.61. The third-order valence-corrected chi connectivity index (χ3v) is 6.27. The second-order valence-electron chi connectivity index (χ2n) is 10.8. The van der Waals surface area contributed by atoms with Crippen LogP contribution in [0.25, 0.3) is 0 Å². The van der Waals surface area contributed by atoms with E-state index >= 15 is 0 Å². The number of benzene rings is 3. The van der Waals surface area contributed by atoms with Gasteiger partial charge in [-0.3, -0.25) is 9.59 Å². The maximum absolute atomic E-state index is 13.7. The number of nitrogens with zero attached hydrogens (tertiary/aromatic N) is 1. The fourth-order valence-electron chi connectivity index (χ4n) is 4.18. The average Bonchev–Trinajstić information content (AvgIpc) is 2.89. The molecule has 6 heteroatoms. The molecule has 3 aromatic rings. The zero-order chi connectivity index (χ0) is 27.7. The van der Waals surface area contributed by atoms with Crippen LogP contribution in [0.15, 0.2) is 78.9 Å². The van der Waals surface area contributed by atoms with Crippen molar-refractivity contribution in [2.45, 2.75) is 65.1 Å². The van der Waals surface area contributed by atoms with E-state index in [1.165, 1.54) is 5.56 Å². The number of nitrogens with one attached hydrogen (secondary N) is 1. The molecular weight excluding hydrogens is 476 g/mol. The molecule has 0 fully saturated rings. The quantitative estimate of drug-likeness (QED) is 0.364. The van der Waals surface area contributed by atoms with E-state index in [0.29, 0.717) is 17.9 Å². The van der Waals surface area contributed by atoms with E-state index in [0.717, 1.165) is 11.1 Å². The highest BCUT2D eigenvalue weighted by atomic mass is 16.5. The molecule has 0 aromatic heterocycles. The van der Waals surface area contributed by atoms with Crippen LogP contribution in [0, 0.1) is 0 Å². The minimum Gasteiger partial charge on any atom is -0.497 e. The molecule has 2 amide bonds. The van der Waals surface area contributed by atoms with E-state index in [2.05, 4.69) is 26.1 Å². The molecule has 0 saturated carbocycles. The molecule has 0 heterocycles. The van der Waals surface area contributed by atoms with Gasteiger partial charge in [0.1, 0.15) is 17.5 Å². The molecule has 3 rings (SSSR count). The molecule has 38 heavy (non-hydrogen) atoms. The van der Waals surface area contributed by atoms with E-state index in [1.54, 1.807) is 12.0 Å². The van der Waals surface area contributed by atoms with Gasteiger partial charge in [-0.2, -0.15) is 0 Å². The van der Waals surface area contributed by atoms with Crippen molar-refractivity contribution in [3.05, 3.63) is 95.6 Å². The van der Waals surface area contributed by atoms with Crippen LogP contribution in [0.1, 0.15) is 51.3 Å². The highest BCUT2D eigenvalue weighted by Crippen LogP contribution is 2.24. The van der Waals surface area contributed by atoms with Crippen molar-refractivity contribution in [2.75, 3.05) is 13.7 Å². The van der Waals surface area contributed by atoms with Crippen LogP contribution in [-0.4, -0.2) is 42.5 Å². The van der Waals surface area contributed by atoms with Crippen molar-refractivity contribution < 1.29 is 19.1 Å². The fourth-order valence-corrected chi connectivity index (χ4v) is 4.18. The lowest BCUT2D eigenvalue weighted by Crippen LogP contribution is -2.52. The first kappa shape index (κ1) is 28.8. The maximum Gasteiger partial charge on any atom is 0.261 e. The molecule has 1 atom stereocenters. The Morgan fingerprint density at radius 3 is 2.13 bits per heavy atom. The van der Waals surface area contributed by atoms with Crippen LogP contribution < -0.4 is 14.8 Å². The smallest absolute Gasteiger partial charge is 0.261 e. The zero-order valence-corrected chi connectivity index (χ0v) is 23.4. The second kappa shape index (κ2) is 13.1. The van der Waals surface area contributed by atoms with Gasteiger partial charge in [0.25, 0.3) is 5.91 Å². The van der Waals surface area contributed by atoms with Crippen LogP contribution in [0.3, 0.4) is 0 Å². The molecule has 0 bridgehead atoms. The van der Waals surface area contributed by atoms with Crippen LogP contribution in [0.4, 0.5) is 0 Å². The number of carbonyl (C=O) groups excluding carboxylic acids is 2. The molecule has 0 unspecified atom stereocenters. The molecular formula is C32H40N2O4. The molecule has 3 aromatic carbocycles. The van der Waals surface area contributed by atoms with Gasteiger partial charge in [0.2, 0.25) is 5.91 Å². The first-order valence-corrected chi connectivity index (χ1v) is 13.1. The van der Waals surface area contributed by atoms with Crippen molar-refractivity contribution in [2.24, 2.45) is 0 Å². The monoisotopic (exact) mass is 516 g/mol. The molecule has 0 aliphatic heterocycles. The molecule has 0 aliphatic rings. The Bertz CT molecular complexity index is 1180. The minimum atomic E-state index is -0.717. The van der Waals surface area contributed by atoms with E-state index in [9.17, 15) is 9.59 Å². The summed E-state index contributed by atoms with van der Waals surface area (Å²) >= 11 is 0. The number of hydrogen-bond acceptors (Lipinski definition) is 4. The first-order valence-electron chi connectivity index (χ1n) is 13.1. The number of rotatable bonds is 11. The van der Waals surface area contributed by atoms with E-state index < -0.39 is 6.04 Å². The van der Waals surface area contributed by atoms with Crippen LogP contribution in [-0.2, 0) is 28.0 Å². The SMILES string of the molecule is COc1cccc(CN(C(=O)COc2ccc(C(C)(C)C)cc2)[C@@H](Cc2ccccc2)C(=O)NC(C)C)c1. The van der Waals surface area contributed by atoms with Gasteiger partial charge in [-0.15, -0.1) is 0 Å². The van der Waals surface area contributed by atoms with Gasteiger partial charge in [-0.05, 0) is 60.2 Å². The predicted octanol–water partition coefficient (Wildman–Crippen LogP) is 5.54. The van der Waals surface area contributed by atoms with Crippen molar-refractivity contribution >= 4 is 11.8 Å². The summed E-state index contributed by atoms with van der Waals surface area (Å²) in [6.45, 7) is 10.3. The van der Waals surface area contributed by atoms with Gasteiger partial charge in [0.15, 0.2) is 6.61 Å². The minimum absolute atomic E-state index is 0.0241. The Morgan fingerprint density at radius 2 is 1.53 bits per heavy atom. The third kappa shape index (κ3) is 8.37. The Balaban J connectivity index is 1.89. The van der Waals surface area contributed by atoms with Crippen LogP contribution in [0.5, 0.6) is 11.5 Å². The van der Waals surface area contributed by atoms with Crippen LogP contribution >= 0.6 is 0 Å². The van der Waals surface area contributed by atoms with Crippen molar-refractivity contribution in [1.29, 1.82) is 0 Å². The molecule has 202 valence electrons. The first-order chi connectivity index (χ1) is 18.1. The summed E-state index contributed by atoms with van der Waals surface area (Å²) in [4.78, 5) is 28.8. The number of hydrogen-bond donors (Lipinski definition) is 1. The lowest BCUT2D eigenvalue weighted by molar-refractivity contribution is -0.143. The summed E-state index contributed by atoms with van der Waals surface area (Å²) in [6.07, 6.45) is 0.384. The van der Waals surface area contributed by atoms with E-state index in [4.69, 9.17) is 9.47 Å². The van der Waals surface area contributed by atoms with Gasteiger partial charge < -0.3 is 19.7 Å². The van der Waals surface area contributed by atoms with Gasteiger partial charge in [-0.25, -0.2) is 0 Å². The number of carbonyl (C=O) groups is 2. The topological polar surface area (TPSA) is 67.9 Å². The largest absolute Gasteiger partial charge is 0.497 e. The van der Waals surface area contributed by atoms with E-state index in [-0.39, 0.29) is 36.4 Å². The lowest BCUT2D eigenvalue weighted by atomic mass is 9.87. The number of ether oxygens (including phenoxy) is 2. The summed E-state index contributed by atoms with van der Waals surface area (Å²) in [5.74, 6) is 0.831. The van der Waals surface area contributed by atoms with E-state index in [1.807, 2.05) is 92.7 Å². The summed E-state index contributed by atoms with van der Waals surface area (Å²) in [5.41, 5.74) is 3.04. The fraction of sp³-hybridized carbons (Fsp3) is 0.375. The van der Waals surface area contributed by atoms with Gasteiger partial charge >= 0.3 is 0 Å². The summed E-state index contributed by atoms with van der Waals surface area (Å²) in [6, 6.07) is 24.3. The Hall–Kier alpha value is -3.80. The van der Waals surface area contributed by atoms with Gasteiger partial charge in [-0.1, -0.05) is 75.4 Å². The number of amides is 2. The average molecular weight is 517 g/mol. The summed E-state index contributed by atoms with van der Waals surface area (Å²) < 4.78 is 11.3. The van der Waals surface area contributed by atoms with Gasteiger partial charge in [0.05, 0.1) is 7.11 Å². The third-order valence-electron chi connectivity index (χ3n) is 6.27. The van der Waals surface area contributed by atoms with Gasteiger partial charge in [0, 0.05) is 19.0 Å².